The molecule has 0 amide bonds. The molecule has 0 bridgehead atoms. The molecule has 102 valence electrons. The van der Waals surface area contributed by atoms with E-state index in [1.165, 1.54) is 12.8 Å². The minimum absolute atomic E-state index is 0.0131. The molecule has 0 unspecified atom stereocenters. The Hall–Kier alpha value is -0.910. The minimum atomic E-state index is -0.0131. The van der Waals surface area contributed by atoms with Gasteiger partial charge in [0, 0.05) is 33.7 Å². The monoisotopic (exact) mass is 254 g/mol. The van der Waals surface area contributed by atoms with Gasteiger partial charge >= 0.3 is 0 Å². The number of nitrogens with zero attached hydrogens (tertiary/aromatic N) is 1. The van der Waals surface area contributed by atoms with Crippen LogP contribution in [0.15, 0.2) is 10.8 Å². The minimum Gasteiger partial charge on any atom is -0.448 e. The van der Waals surface area contributed by atoms with E-state index in [0.717, 1.165) is 43.8 Å². The van der Waals surface area contributed by atoms with Crippen molar-refractivity contribution in [2.24, 2.45) is 0 Å². The molecule has 0 atom stereocenters. The van der Waals surface area contributed by atoms with Gasteiger partial charge in [0.2, 0.25) is 0 Å². The van der Waals surface area contributed by atoms with Crippen LogP contribution in [0, 0.1) is 0 Å². The van der Waals surface area contributed by atoms with Crippen LogP contribution >= 0.6 is 0 Å². The number of nitrogens with one attached hydrogen (secondary N) is 1. The number of oxazole rings is 1. The Labute approximate surface area is 108 Å². The lowest BCUT2D eigenvalue weighted by molar-refractivity contribution is -0.0739. The highest BCUT2D eigenvalue weighted by Gasteiger charge is 2.38. The number of ether oxygens (including phenoxy) is 2. The molecule has 18 heavy (non-hydrogen) atoms. The zero-order valence-electron chi connectivity index (χ0n) is 11.2. The molecule has 0 saturated heterocycles. The van der Waals surface area contributed by atoms with Crippen molar-refractivity contribution in [1.29, 1.82) is 0 Å². The second-order valence-corrected chi connectivity index (χ2v) is 4.81. The Bertz CT molecular complexity index is 355. The highest BCUT2D eigenvalue weighted by atomic mass is 16.5. The molecule has 1 fully saturated rings. The van der Waals surface area contributed by atoms with E-state index >= 15 is 0 Å². The van der Waals surface area contributed by atoms with Gasteiger partial charge in [-0.1, -0.05) is 0 Å². The van der Waals surface area contributed by atoms with Crippen LogP contribution in [-0.4, -0.2) is 38.0 Å². The van der Waals surface area contributed by atoms with Crippen molar-refractivity contribution in [3.05, 3.63) is 17.8 Å². The van der Waals surface area contributed by atoms with Gasteiger partial charge in [-0.05, 0) is 19.3 Å². The van der Waals surface area contributed by atoms with Gasteiger partial charge in [-0.25, -0.2) is 4.98 Å². The molecule has 5 nitrogen and oxygen atoms in total. The summed E-state index contributed by atoms with van der Waals surface area (Å²) in [7, 11) is 3.48. The lowest BCUT2D eigenvalue weighted by Crippen LogP contribution is -2.41. The molecule has 0 aromatic carbocycles. The van der Waals surface area contributed by atoms with E-state index in [0.29, 0.717) is 6.61 Å². The molecule has 5 heteroatoms. The second-order valence-electron chi connectivity index (χ2n) is 4.81. The Morgan fingerprint density at radius 1 is 1.44 bits per heavy atom. The van der Waals surface area contributed by atoms with Crippen LogP contribution in [0.5, 0.6) is 0 Å². The predicted molar refractivity (Wildman–Crippen MR) is 67.4 cm³/mol. The second kappa shape index (κ2) is 6.31. The first-order valence-electron chi connectivity index (χ1n) is 6.46. The van der Waals surface area contributed by atoms with Gasteiger partial charge in [0.25, 0.3) is 0 Å². The maximum Gasteiger partial charge on any atom is 0.181 e. The number of rotatable bonds is 8. The zero-order valence-corrected chi connectivity index (χ0v) is 11.2. The topological polar surface area (TPSA) is 56.5 Å². The molecule has 2 rings (SSSR count). The average molecular weight is 254 g/mol. The van der Waals surface area contributed by atoms with Crippen LogP contribution in [0.25, 0.3) is 0 Å². The van der Waals surface area contributed by atoms with Crippen molar-refractivity contribution in [2.75, 3.05) is 27.4 Å². The Kier molecular flexibility index (Phi) is 4.74. The van der Waals surface area contributed by atoms with E-state index in [2.05, 4.69) is 10.3 Å². The van der Waals surface area contributed by atoms with Gasteiger partial charge in [0.15, 0.2) is 6.39 Å². The van der Waals surface area contributed by atoms with Gasteiger partial charge in [0.05, 0.1) is 17.9 Å². The van der Waals surface area contributed by atoms with E-state index in [9.17, 15) is 0 Å². The molecule has 1 aromatic heterocycles. The molecular formula is C13H22N2O3. The van der Waals surface area contributed by atoms with E-state index in [1.54, 1.807) is 14.2 Å². The largest absolute Gasteiger partial charge is 0.448 e. The first-order valence-corrected chi connectivity index (χ1v) is 6.46. The fraction of sp³-hybridized carbons (Fsp3) is 0.769. The summed E-state index contributed by atoms with van der Waals surface area (Å²) in [5.41, 5.74) is 0.968. The normalized spacial score (nSPS) is 17.7. The number of aromatic nitrogens is 1. The van der Waals surface area contributed by atoms with Gasteiger partial charge in [-0.2, -0.15) is 0 Å². The molecular weight excluding hydrogens is 232 g/mol. The third kappa shape index (κ3) is 3.10. The lowest BCUT2D eigenvalue weighted by atomic mass is 9.77. The smallest absolute Gasteiger partial charge is 0.181 e. The molecule has 1 N–H and O–H groups in total. The van der Waals surface area contributed by atoms with E-state index in [-0.39, 0.29) is 5.60 Å². The molecule has 1 aliphatic rings. The van der Waals surface area contributed by atoms with Crippen LogP contribution in [0.1, 0.15) is 30.7 Å². The van der Waals surface area contributed by atoms with Crippen LogP contribution < -0.4 is 5.32 Å². The fourth-order valence-corrected chi connectivity index (χ4v) is 2.28. The summed E-state index contributed by atoms with van der Waals surface area (Å²) >= 11 is 0. The third-order valence-electron chi connectivity index (χ3n) is 3.68. The number of methoxy groups -OCH3 is 2. The average Bonchev–Trinajstić information content (AvgIpc) is 2.77. The first-order chi connectivity index (χ1) is 8.79. The molecule has 0 aliphatic heterocycles. The standard InChI is InChI=1S/C13H22N2O3/c1-16-7-6-14-9-11-12(18-10-15-11)8-13(17-2)4-3-5-13/h10,14H,3-9H2,1-2H3. The SMILES string of the molecule is COCCNCc1ncoc1CC1(OC)CCC1. The summed E-state index contributed by atoms with van der Waals surface area (Å²) in [6.45, 7) is 2.24. The third-order valence-corrected chi connectivity index (χ3v) is 3.68. The van der Waals surface area contributed by atoms with Gasteiger partial charge < -0.3 is 19.2 Å². The molecule has 1 saturated carbocycles. The van der Waals surface area contributed by atoms with Crippen molar-refractivity contribution >= 4 is 0 Å². The summed E-state index contributed by atoms with van der Waals surface area (Å²) < 4.78 is 16.1. The molecule has 1 aliphatic carbocycles. The molecule has 1 aromatic rings. The summed E-state index contributed by atoms with van der Waals surface area (Å²) in [6, 6.07) is 0. The van der Waals surface area contributed by atoms with E-state index in [4.69, 9.17) is 13.9 Å². The Morgan fingerprint density at radius 2 is 2.28 bits per heavy atom. The van der Waals surface area contributed by atoms with Crippen molar-refractivity contribution in [2.45, 2.75) is 37.8 Å². The summed E-state index contributed by atoms with van der Waals surface area (Å²) in [5, 5.41) is 3.28. The maximum atomic E-state index is 5.62. The number of hydrogen-bond donors (Lipinski definition) is 1. The van der Waals surface area contributed by atoms with Crippen LogP contribution in [-0.2, 0) is 22.4 Å². The van der Waals surface area contributed by atoms with E-state index in [1.807, 2.05) is 0 Å². The summed E-state index contributed by atoms with van der Waals surface area (Å²) in [5.74, 6) is 0.946. The van der Waals surface area contributed by atoms with Crippen molar-refractivity contribution in [1.82, 2.24) is 10.3 Å². The molecule has 0 radical (unpaired) electrons. The van der Waals surface area contributed by atoms with Crippen LogP contribution in [0.4, 0.5) is 0 Å². The molecule has 0 spiro atoms. The van der Waals surface area contributed by atoms with E-state index < -0.39 is 0 Å². The van der Waals surface area contributed by atoms with Gasteiger partial charge in [-0.3, -0.25) is 0 Å². The maximum absolute atomic E-state index is 5.62. The Balaban J connectivity index is 1.87. The number of hydrogen-bond acceptors (Lipinski definition) is 5. The van der Waals surface area contributed by atoms with Gasteiger partial charge in [0.1, 0.15) is 5.76 Å². The highest BCUT2D eigenvalue weighted by Crippen LogP contribution is 2.38. The summed E-state index contributed by atoms with van der Waals surface area (Å²) in [4.78, 5) is 4.27. The van der Waals surface area contributed by atoms with Crippen molar-refractivity contribution in [3.8, 4) is 0 Å². The van der Waals surface area contributed by atoms with Crippen LogP contribution in [0.3, 0.4) is 0 Å². The van der Waals surface area contributed by atoms with Crippen molar-refractivity contribution in [3.63, 3.8) is 0 Å². The highest BCUT2D eigenvalue weighted by molar-refractivity contribution is 5.12. The quantitative estimate of drug-likeness (QED) is 0.713. The molecule has 1 heterocycles. The van der Waals surface area contributed by atoms with Crippen LogP contribution in [0.2, 0.25) is 0 Å². The fourth-order valence-electron chi connectivity index (χ4n) is 2.28. The Morgan fingerprint density at radius 3 is 2.89 bits per heavy atom. The zero-order chi connectivity index (χ0) is 12.8. The summed E-state index contributed by atoms with van der Waals surface area (Å²) in [6.07, 6.45) is 5.81. The predicted octanol–water partition coefficient (Wildman–Crippen LogP) is 1.52. The van der Waals surface area contributed by atoms with Gasteiger partial charge in [-0.15, -0.1) is 0 Å². The first kappa shape index (κ1) is 13.5. The van der Waals surface area contributed by atoms with Crippen molar-refractivity contribution < 1.29 is 13.9 Å². The lowest BCUT2D eigenvalue weighted by Gasteiger charge is -2.40.